The number of carbonyl (C=O) groups is 2. The Hall–Kier alpha value is -2.73. The predicted octanol–water partition coefficient (Wildman–Crippen LogP) is 3.83. The number of amides is 1. The largest absolute Gasteiger partial charge is 0.486 e. The third-order valence-electron chi connectivity index (χ3n) is 4.54. The first-order chi connectivity index (χ1) is 14.0. The van der Waals surface area contributed by atoms with Crippen molar-refractivity contribution in [2.24, 2.45) is 5.92 Å². The van der Waals surface area contributed by atoms with E-state index in [1.165, 1.54) is 0 Å². The number of hydrogen-bond acceptors (Lipinski definition) is 5. The van der Waals surface area contributed by atoms with Gasteiger partial charge in [0.2, 0.25) is 5.91 Å². The summed E-state index contributed by atoms with van der Waals surface area (Å²) in [6.07, 6.45) is 0. The number of Topliss-reactive ketones (excluding diaryl/α,β-unsaturated/α-hetero) is 1. The third kappa shape index (κ3) is 5.41. The molecular weight excluding hydrogens is 394 g/mol. The molecule has 2 aromatic rings. The average molecular weight is 418 g/mol. The molecule has 2 aromatic carbocycles. The summed E-state index contributed by atoms with van der Waals surface area (Å²) in [5.41, 5.74) is 1.59. The van der Waals surface area contributed by atoms with Crippen LogP contribution in [0.4, 0.5) is 5.69 Å². The molecule has 0 aliphatic carbocycles. The second-order valence-corrected chi connectivity index (χ2v) is 7.26. The Morgan fingerprint density at radius 3 is 2.41 bits per heavy atom. The fourth-order valence-corrected chi connectivity index (χ4v) is 2.93. The molecule has 29 heavy (non-hydrogen) atoms. The molecule has 0 spiro atoms. The Kier molecular flexibility index (Phi) is 6.99. The normalized spacial score (nSPS) is 12.6. The SMILES string of the molecule is CC(C)C(=O)COc1ccc(CN(C(=O)CCl)c2ccc3c(c2)OCCO3)cc1. The summed E-state index contributed by atoms with van der Waals surface area (Å²) in [4.78, 5) is 25.7. The topological polar surface area (TPSA) is 65.1 Å². The molecule has 0 saturated heterocycles. The van der Waals surface area contributed by atoms with Crippen LogP contribution >= 0.6 is 11.6 Å². The zero-order valence-electron chi connectivity index (χ0n) is 16.5. The molecule has 0 N–H and O–H groups in total. The van der Waals surface area contributed by atoms with Crippen LogP contribution in [0.25, 0.3) is 0 Å². The molecule has 154 valence electrons. The van der Waals surface area contributed by atoms with Crippen molar-refractivity contribution in [2.75, 3.05) is 30.6 Å². The molecule has 0 bridgehead atoms. The minimum absolute atomic E-state index is 0.0467. The Balaban J connectivity index is 1.72. The molecule has 1 aliphatic rings. The van der Waals surface area contributed by atoms with Crippen LogP contribution in [0.1, 0.15) is 19.4 Å². The minimum atomic E-state index is -0.216. The molecule has 1 amide bonds. The van der Waals surface area contributed by atoms with E-state index >= 15 is 0 Å². The Bertz CT molecular complexity index is 866. The third-order valence-corrected chi connectivity index (χ3v) is 4.77. The van der Waals surface area contributed by atoms with Crippen LogP contribution in [0, 0.1) is 5.92 Å². The van der Waals surface area contributed by atoms with Crippen LogP contribution in [0.2, 0.25) is 0 Å². The number of fused-ring (bicyclic) bond motifs is 1. The molecule has 7 heteroatoms. The fourth-order valence-electron chi connectivity index (χ4n) is 2.79. The van der Waals surface area contributed by atoms with Crippen LogP contribution in [0.5, 0.6) is 17.2 Å². The van der Waals surface area contributed by atoms with Crippen molar-refractivity contribution in [3.63, 3.8) is 0 Å². The van der Waals surface area contributed by atoms with Crippen molar-refractivity contribution >= 4 is 29.0 Å². The van der Waals surface area contributed by atoms with E-state index < -0.39 is 0 Å². The molecule has 0 unspecified atom stereocenters. The van der Waals surface area contributed by atoms with Crippen molar-refractivity contribution in [1.29, 1.82) is 0 Å². The summed E-state index contributed by atoms with van der Waals surface area (Å²) in [6, 6.07) is 12.7. The van der Waals surface area contributed by atoms with Crippen LogP contribution in [-0.2, 0) is 16.1 Å². The van der Waals surface area contributed by atoms with Gasteiger partial charge >= 0.3 is 0 Å². The molecule has 0 radical (unpaired) electrons. The second kappa shape index (κ2) is 9.65. The highest BCUT2D eigenvalue weighted by Crippen LogP contribution is 2.34. The minimum Gasteiger partial charge on any atom is -0.486 e. The standard InChI is InChI=1S/C22H24ClNO5/c1-15(2)19(25)14-29-18-6-3-16(4-7-18)13-24(22(26)12-23)17-5-8-20-21(11-17)28-10-9-27-20/h3-8,11,15H,9-10,12-14H2,1-2H3. The summed E-state index contributed by atoms with van der Waals surface area (Å²) >= 11 is 5.83. The molecule has 1 aliphatic heterocycles. The maximum atomic E-state index is 12.5. The molecule has 1 heterocycles. The highest BCUT2D eigenvalue weighted by Gasteiger charge is 2.19. The summed E-state index contributed by atoms with van der Waals surface area (Å²) in [5.74, 6) is 1.52. The number of halogens is 1. The highest BCUT2D eigenvalue weighted by molar-refractivity contribution is 6.29. The van der Waals surface area contributed by atoms with Gasteiger partial charge in [-0.25, -0.2) is 0 Å². The van der Waals surface area contributed by atoms with Crippen LogP contribution in [-0.4, -0.2) is 37.4 Å². The first-order valence-corrected chi connectivity index (χ1v) is 10.0. The lowest BCUT2D eigenvalue weighted by Crippen LogP contribution is -2.31. The number of benzene rings is 2. The number of ketones is 1. The molecular formula is C22H24ClNO5. The van der Waals surface area contributed by atoms with Crippen LogP contribution in [0.15, 0.2) is 42.5 Å². The molecule has 6 nitrogen and oxygen atoms in total. The van der Waals surface area contributed by atoms with E-state index in [-0.39, 0.29) is 30.1 Å². The van der Waals surface area contributed by atoms with E-state index in [1.54, 1.807) is 29.2 Å². The average Bonchev–Trinajstić information content (AvgIpc) is 2.75. The van der Waals surface area contributed by atoms with Gasteiger partial charge in [0, 0.05) is 17.7 Å². The number of nitrogens with zero attached hydrogens (tertiary/aromatic N) is 1. The van der Waals surface area contributed by atoms with Gasteiger partial charge in [-0.3, -0.25) is 9.59 Å². The summed E-state index contributed by atoms with van der Waals surface area (Å²) in [5, 5.41) is 0. The number of carbonyl (C=O) groups excluding carboxylic acids is 2. The molecule has 0 aromatic heterocycles. The summed E-state index contributed by atoms with van der Waals surface area (Å²) in [6.45, 7) is 5.06. The van der Waals surface area contributed by atoms with E-state index in [0.717, 1.165) is 5.56 Å². The summed E-state index contributed by atoms with van der Waals surface area (Å²) in [7, 11) is 0. The van der Waals surface area contributed by atoms with Crippen molar-refractivity contribution in [1.82, 2.24) is 0 Å². The van der Waals surface area contributed by atoms with Crippen LogP contribution in [0.3, 0.4) is 0 Å². The van der Waals surface area contributed by atoms with Gasteiger partial charge in [0.15, 0.2) is 17.3 Å². The van der Waals surface area contributed by atoms with Crippen molar-refractivity contribution in [2.45, 2.75) is 20.4 Å². The van der Waals surface area contributed by atoms with Crippen molar-refractivity contribution < 1.29 is 23.8 Å². The first kappa shape index (κ1) is 21.0. The molecule has 0 fully saturated rings. The lowest BCUT2D eigenvalue weighted by molar-refractivity contribution is -0.123. The van der Waals surface area contributed by atoms with Gasteiger partial charge in [-0.05, 0) is 29.8 Å². The lowest BCUT2D eigenvalue weighted by Gasteiger charge is -2.25. The molecule has 0 atom stereocenters. The van der Waals surface area contributed by atoms with Crippen LogP contribution < -0.4 is 19.1 Å². The van der Waals surface area contributed by atoms with Gasteiger partial charge < -0.3 is 19.1 Å². The maximum absolute atomic E-state index is 12.5. The number of hydrogen-bond donors (Lipinski definition) is 0. The van der Waals surface area contributed by atoms with Gasteiger partial charge in [-0.2, -0.15) is 0 Å². The Morgan fingerprint density at radius 1 is 1.07 bits per heavy atom. The monoisotopic (exact) mass is 417 g/mol. The smallest absolute Gasteiger partial charge is 0.242 e. The van der Waals surface area contributed by atoms with E-state index in [4.69, 9.17) is 25.8 Å². The number of ether oxygens (including phenoxy) is 3. The Morgan fingerprint density at radius 2 is 1.76 bits per heavy atom. The molecule has 0 saturated carbocycles. The van der Waals surface area contributed by atoms with Crippen molar-refractivity contribution in [3.05, 3.63) is 48.0 Å². The van der Waals surface area contributed by atoms with Gasteiger partial charge in [0.05, 0.1) is 6.54 Å². The lowest BCUT2D eigenvalue weighted by atomic mass is 10.1. The number of alkyl halides is 1. The zero-order valence-corrected chi connectivity index (χ0v) is 17.3. The maximum Gasteiger partial charge on any atom is 0.242 e. The van der Waals surface area contributed by atoms with Gasteiger partial charge in [-0.1, -0.05) is 26.0 Å². The molecule has 3 rings (SSSR count). The Labute approximate surface area is 175 Å². The van der Waals surface area contributed by atoms with Crippen molar-refractivity contribution in [3.8, 4) is 17.2 Å². The number of rotatable bonds is 8. The van der Waals surface area contributed by atoms with E-state index in [2.05, 4.69) is 0 Å². The number of anilines is 1. The zero-order chi connectivity index (χ0) is 20.8. The van der Waals surface area contributed by atoms with Gasteiger partial charge in [0.1, 0.15) is 31.5 Å². The quantitative estimate of drug-likeness (QED) is 0.611. The predicted molar refractivity (Wildman–Crippen MR) is 111 cm³/mol. The fraction of sp³-hybridized carbons (Fsp3) is 0.364. The van der Waals surface area contributed by atoms with E-state index in [1.807, 2.05) is 32.0 Å². The highest BCUT2D eigenvalue weighted by atomic mass is 35.5. The van der Waals surface area contributed by atoms with E-state index in [9.17, 15) is 9.59 Å². The first-order valence-electron chi connectivity index (χ1n) is 9.48. The van der Waals surface area contributed by atoms with Gasteiger partial charge in [0.25, 0.3) is 0 Å². The summed E-state index contributed by atoms with van der Waals surface area (Å²) < 4.78 is 16.7. The second-order valence-electron chi connectivity index (χ2n) is 7.00. The van der Waals surface area contributed by atoms with Gasteiger partial charge in [-0.15, -0.1) is 11.6 Å². The van der Waals surface area contributed by atoms with E-state index in [0.29, 0.717) is 42.7 Å².